The van der Waals surface area contributed by atoms with Gasteiger partial charge < -0.3 is 10.2 Å². The first-order chi connectivity index (χ1) is 8.55. The van der Waals surface area contributed by atoms with Crippen molar-refractivity contribution in [2.75, 3.05) is 6.61 Å². The molecule has 0 saturated heterocycles. The van der Waals surface area contributed by atoms with Crippen molar-refractivity contribution in [1.29, 1.82) is 0 Å². The number of aliphatic carboxylic acids is 1. The molecule has 0 saturated carbocycles. The number of rotatable bonds is 7. The van der Waals surface area contributed by atoms with Crippen molar-refractivity contribution in [1.82, 2.24) is 0 Å². The third kappa shape index (κ3) is 24.9. The Labute approximate surface area is 119 Å². The average molecular weight is 299 g/mol. The number of aliphatic hydroxyl groups excluding tert-OH is 1. The molecule has 109 valence electrons. The second-order valence-corrected chi connectivity index (χ2v) is 4.04. The summed E-state index contributed by atoms with van der Waals surface area (Å²) < 4.78 is 15.8. The van der Waals surface area contributed by atoms with E-state index in [-0.39, 0.29) is 5.92 Å². The molecule has 0 aromatic heterocycles. The number of carbonyl (C=O) groups is 1. The molecule has 0 aliphatic carbocycles. The molecule has 3 N–H and O–H groups in total. The number of aliphatic hydroxyl groups is 1. The monoisotopic (exact) mass is 299 g/mol. The molecule has 0 amide bonds. The van der Waals surface area contributed by atoms with E-state index in [0.29, 0.717) is 6.61 Å². The first kappa shape index (κ1) is 23.0. The Kier molecular flexibility index (Phi) is 28.3. The predicted octanol–water partition coefficient (Wildman–Crippen LogP) is 2.39. The zero-order chi connectivity index (χ0) is 14.8. The molecule has 0 radical (unpaired) electrons. The summed E-state index contributed by atoms with van der Waals surface area (Å²) in [6.07, 6.45) is 5.75. The zero-order valence-corrected chi connectivity index (χ0v) is 13.2. The quantitative estimate of drug-likeness (QED) is 0.627. The Balaban J connectivity index is -0.000000235. The second-order valence-electron chi connectivity index (χ2n) is 3.75. The van der Waals surface area contributed by atoms with E-state index in [1.165, 1.54) is 0 Å². The van der Waals surface area contributed by atoms with Crippen LogP contribution in [0.3, 0.4) is 0 Å². The van der Waals surface area contributed by atoms with Gasteiger partial charge in [0.05, 0.1) is 5.92 Å². The molecule has 0 aromatic carbocycles. The number of hydrogen-bond donors (Lipinski definition) is 3. The Morgan fingerprint density at radius 2 is 1.61 bits per heavy atom. The van der Waals surface area contributed by atoms with Gasteiger partial charge in [-0.3, -0.25) is 4.79 Å². The van der Waals surface area contributed by atoms with Crippen LogP contribution in [0.1, 0.15) is 59.3 Å². The summed E-state index contributed by atoms with van der Waals surface area (Å²) >= 11 is -1.75. The van der Waals surface area contributed by atoms with Crippen molar-refractivity contribution in [3.63, 3.8) is 0 Å². The Morgan fingerprint density at radius 1 is 1.17 bits per heavy atom. The first-order valence-electron chi connectivity index (χ1n) is 6.40. The van der Waals surface area contributed by atoms with E-state index in [2.05, 4.69) is 13.8 Å². The average Bonchev–Trinajstić information content (AvgIpc) is 2.32. The summed E-state index contributed by atoms with van der Waals surface area (Å²) in [7, 11) is 0. The predicted molar refractivity (Wildman–Crippen MR) is 65.8 cm³/mol. The number of carboxylic acids is 1. The molecule has 1 unspecified atom stereocenters. The molecule has 0 bridgehead atoms. The molecule has 0 rings (SSSR count). The van der Waals surface area contributed by atoms with Gasteiger partial charge in [-0.2, -0.15) is 0 Å². The molecular weight excluding hydrogens is 272 g/mol. The zero-order valence-electron chi connectivity index (χ0n) is 11.7. The molecule has 6 heteroatoms. The third-order valence-corrected chi connectivity index (χ3v) is 2.26. The molecule has 0 spiro atoms. The van der Waals surface area contributed by atoms with Crippen LogP contribution in [0.5, 0.6) is 0 Å². The van der Waals surface area contributed by atoms with Crippen molar-refractivity contribution in [3.05, 3.63) is 0 Å². The SMILES string of the molecule is CCCCC(CC)C(=O)O.CCCCO.[O]=[Ti][OH]. The molecule has 0 aliphatic rings. The summed E-state index contributed by atoms with van der Waals surface area (Å²) in [5, 5.41) is 16.7. The van der Waals surface area contributed by atoms with Gasteiger partial charge in [-0.1, -0.05) is 40.0 Å². The summed E-state index contributed by atoms with van der Waals surface area (Å²) in [5.74, 6) is -0.754. The Bertz CT molecular complexity index is 174. The van der Waals surface area contributed by atoms with Crippen LogP contribution in [0.4, 0.5) is 0 Å². The first-order valence-corrected chi connectivity index (χ1v) is 7.73. The minimum atomic E-state index is -1.75. The van der Waals surface area contributed by atoms with Gasteiger partial charge in [-0.05, 0) is 19.3 Å². The Hall–Kier alpha value is -0.0957. The summed E-state index contributed by atoms with van der Waals surface area (Å²) in [6, 6.07) is 0. The van der Waals surface area contributed by atoms with E-state index in [1.54, 1.807) is 0 Å². The fourth-order valence-corrected chi connectivity index (χ4v) is 1.11. The maximum absolute atomic E-state index is 10.4. The van der Waals surface area contributed by atoms with Gasteiger partial charge in [0.25, 0.3) is 0 Å². The molecule has 1 atom stereocenters. The van der Waals surface area contributed by atoms with Gasteiger partial charge in [-0.15, -0.1) is 0 Å². The van der Waals surface area contributed by atoms with Gasteiger partial charge in [0.1, 0.15) is 0 Å². The van der Waals surface area contributed by atoms with Crippen LogP contribution in [0.2, 0.25) is 0 Å². The fraction of sp³-hybridized carbons (Fsp3) is 0.917. The van der Waals surface area contributed by atoms with E-state index in [0.717, 1.165) is 38.5 Å². The van der Waals surface area contributed by atoms with Gasteiger partial charge in [0.2, 0.25) is 0 Å². The molecule has 0 aromatic rings. The summed E-state index contributed by atoms with van der Waals surface area (Å²) in [4.78, 5) is 10.4. The van der Waals surface area contributed by atoms with Crippen molar-refractivity contribution in [2.45, 2.75) is 59.3 Å². The van der Waals surface area contributed by atoms with Crippen LogP contribution in [-0.2, 0) is 27.6 Å². The third-order valence-electron chi connectivity index (χ3n) is 2.26. The van der Waals surface area contributed by atoms with E-state index in [4.69, 9.17) is 17.2 Å². The van der Waals surface area contributed by atoms with Crippen LogP contribution in [0.25, 0.3) is 0 Å². The molecule has 5 nitrogen and oxygen atoms in total. The maximum atomic E-state index is 10.4. The molecule has 0 heterocycles. The van der Waals surface area contributed by atoms with Crippen LogP contribution in [0.15, 0.2) is 0 Å². The van der Waals surface area contributed by atoms with Crippen molar-refractivity contribution in [2.24, 2.45) is 5.92 Å². The van der Waals surface area contributed by atoms with E-state index < -0.39 is 25.5 Å². The van der Waals surface area contributed by atoms with Crippen LogP contribution >= 0.6 is 0 Å². The summed E-state index contributed by atoms with van der Waals surface area (Å²) in [5.41, 5.74) is 0. The normalized spacial score (nSPS) is 10.1. The topological polar surface area (TPSA) is 94.8 Å². The second kappa shape index (κ2) is 22.1. The fourth-order valence-electron chi connectivity index (χ4n) is 1.11. The molecule has 0 fully saturated rings. The standard InChI is InChI=1S/C8H16O2.C4H10O.H2O.O.Ti/c1-3-5-6-7(4-2)8(9)10;1-2-3-4-5;;;/h7H,3-6H2,1-2H3,(H,9,10);5H,2-4H2,1H3;1H2;;/q;;;;+1/p-1. The van der Waals surface area contributed by atoms with Gasteiger partial charge >= 0.3 is 32.5 Å². The van der Waals surface area contributed by atoms with Crippen molar-refractivity contribution in [3.8, 4) is 0 Å². The summed E-state index contributed by atoms with van der Waals surface area (Å²) in [6.45, 7) is 6.40. The van der Waals surface area contributed by atoms with Gasteiger partial charge in [-0.25, -0.2) is 0 Å². The van der Waals surface area contributed by atoms with Crippen molar-refractivity contribution < 1.29 is 41.5 Å². The van der Waals surface area contributed by atoms with Crippen LogP contribution in [0, 0.1) is 5.92 Å². The van der Waals surface area contributed by atoms with Gasteiger partial charge in [0.15, 0.2) is 0 Å². The molecule has 18 heavy (non-hydrogen) atoms. The minimum absolute atomic E-state index is 0.111. The van der Waals surface area contributed by atoms with Crippen molar-refractivity contribution >= 4 is 5.97 Å². The van der Waals surface area contributed by atoms with Gasteiger partial charge in [0, 0.05) is 6.61 Å². The molecule has 0 aliphatic heterocycles. The molecular formula is C12H27O5Ti. The number of carboxylic acid groups (broad SMARTS) is 1. The number of hydrogen-bond acceptors (Lipinski definition) is 3. The van der Waals surface area contributed by atoms with Crippen LogP contribution in [-0.4, -0.2) is 26.5 Å². The van der Waals surface area contributed by atoms with E-state index >= 15 is 0 Å². The Morgan fingerprint density at radius 3 is 1.78 bits per heavy atom. The van der Waals surface area contributed by atoms with E-state index in [9.17, 15) is 4.79 Å². The van der Waals surface area contributed by atoms with E-state index in [1.807, 2.05) is 6.92 Å². The number of unbranched alkanes of at least 4 members (excludes halogenated alkanes) is 2. The van der Waals surface area contributed by atoms with Crippen LogP contribution < -0.4 is 0 Å².